The van der Waals surface area contributed by atoms with Crippen LogP contribution in [0.3, 0.4) is 0 Å². The fourth-order valence-electron chi connectivity index (χ4n) is 1.79. The molecule has 3 N–H and O–H groups in total. The second-order valence-electron chi connectivity index (χ2n) is 6.07. The molecule has 0 saturated heterocycles. The summed E-state index contributed by atoms with van der Waals surface area (Å²) in [6.45, 7) is 4.63. The van der Waals surface area contributed by atoms with Crippen LogP contribution in [0.1, 0.15) is 20.3 Å². The van der Waals surface area contributed by atoms with Crippen molar-refractivity contribution in [2.45, 2.75) is 20.3 Å². The van der Waals surface area contributed by atoms with Crippen molar-refractivity contribution < 1.29 is 14.3 Å². The SMILES string of the molecule is COc1ccc(NCCN(C)C(=O)[CH]CC(C)(C)C(N)=O)cc1. The van der Waals surface area contributed by atoms with E-state index in [0.717, 1.165) is 11.4 Å². The summed E-state index contributed by atoms with van der Waals surface area (Å²) in [4.78, 5) is 24.9. The average molecular weight is 320 g/mol. The van der Waals surface area contributed by atoms with Gasteiger partial charge in [0.15, 0.2) is 0 Å². The van der Waals surface area contributed by atoms with E-state index in [9.17, 15) is 9.59 Å². The molecule has 1 radical (unpaired) electrons. The highest BCUT2D eigenvalue weighted by Gasteiger charge is 2.26. The lowest BCUT2D eigenvalue weighted by molar-refractivity contribution is -0.128. The Bertz CT molecular complexity index is 526. The zero-order chi connectivity index (χ0) is 17.5. The molecule has 1 aromatic rings. The van der Waals surface area contributed by atoms with Gasteiger partial charge in [-0.15, -0.1) is 0 Å². The topological polar surface area (TPSA) is 84.7 Å². The number of rotatable bonds is 9. The maximum atomic E-state index is 12.0. The van der Waals surface area contributed by atoms with Crippen molar-refractivity contribution in [2.24, 2.45) is 11.1 Å². The third kappa shape index (κ3) is 6.18. The first kappa shape index (κ1) is 18.8. The van der Waals surface area contributed by atoms with Crippen molar-refractivity contribution >= 4 is 17.5 Å². The van der Waals surface area contributed by atoms with E-state index in [1.54, 1.807) is 32.9 Å². The molecule has 0 aliphatic heterocycles. The van der Waals surface area contributed by atoms with Crippen LogP contribution in [-0.2, 0) is 9.59 Å². The zero-order valence-electron chi connectivity index (χ0n) is 14.3. The molecule has 0 spiro atoms. The van der Waals surface area contributed by atoms with Crippen LogP contribution in [0.5, 0.6) is 5.75 Å². The number of anilines is 1. The molecule has 0 aliphatic carbocycles. The number of amides is 2. The molecule has 6 nitrogen and oxygen atoms in total. The lowest BCUT2D eigenvalue weighted by Gasteiger charge is -2.22. The summed E-state index contributed by atoms with van der Waals surface area (Å²) in [6.07, 6.45) is 1.84. The van der Waals surface area contributed by atoms with E-state index in [1.165, 1.54) is 6.42 Å². The molecule has 0 aliphatic rings. The predicted octanol–water partition coefficient (Wildman–Crippen LogP) is 1.67. The van der Waals surface area contributed by atoms with E-state index in [1.807, 2.05) is 24.3 Å². The molecule has 0 bridgehead atoms. The molecule has 2 amide bonds. The molecular weight excluding hydrogens is 294 g/mol. The lowest BCUT2D eigenvalue weighted by atomic mass is 9.87. The zero-order valence-corrected chi connectivity index (χ0v) is 14.3. The number of benzene rings is 1. The molecule has 23 heavy (non-hydrogen) atoms. The summed E-state index contributed by atoms with van der Waals surface area (Å²) in [5.41, 5.74) is 5.55. The van der Waals surface area contributed by atoms with Crippen LogP contribution in [-0.4, -0.2) is 44.0 Å². The second-order valence-corrected chi connectivity index (χ2v) is 6.07. The first-order valence-electron chi connectivity index (χ1n) is 7.52. The number of primary amides is 1. The number of ether oxygens (including phenoxy) is 1. The van der Waals surface area contributed by atoms with Crippen molar-refractivity contribution in [1.82, 2.24) is 4.90 Å². The van der Waals surface area contributed by atoms with Crippen molar-refractivity contribution in [1.29, 1.82) is 0 Å². The van der Waals surface area contributed by atoms with E-state index in [4.69, 9.17) is 10.5 Å². The summed E-state index contributed by atoms with van der Waals surface area (Å²) >= 11 is 0. The van der Waals surface area contributed by atoms with Gasteiger partial charge in [-0.3, -0.25) is 9.59 Å². The van der Waals surface area contributed by atoms with Crippen LogP contribution in [0.25, 0.3) is 0 Å². The normalized spacial score (nSPS) is 11.0. The number of likely N-dealkylation sites (N-methyl/N-ethyl adjacent to an activating group) is 1. The summed E-state index contributed by atoms with van der Waals surface area (Å²) in [7, 11) is 3.35. The van der Waals surface area contributed by atoms with Crippen LogP contribution in [0.2, 0.25) is 0 Å². The predicted molar refractivity (Wildman–Crippen MR) is 91.0 cm³/mol. The molecule has 0 unspecified atom stereocenters. The number of methoxy groups -OCH3 is 1. The minimum atomic E-state index is -0.710. The van der Waals surface area contributed by atoms with Crippen molar-refractivity contribution in [3.63, 3.8) is 0 Å². The van der Waals surface area contributed by atoms with Gasteiger partial charge in [-0.25, -0.2) is 0 Å². The Morgan fingerprint density at radius 3 is 2.43 bits per heavy atom. The fraction of sp³-hybridized carbons (Fsp3) is 0.471. The molecule has 0 saturated carbocycles. The van der Waals surface area contributed by atoms with Crippen LogP contribution >= 0.6 is 0 Å². The van der Waals surface area contributed by atoms with E-state index in [2.05, 4.69) is 5.32 Å². The Balaban J connectivity index is 2.33. The lowest BCUT2D eigenvalue weighted by Crippen LogP contribution is -2.35. The van der Waals surface area contributed by atoms with Gasteiger partial charge in [-0.05, 0) is 30.7 Å². The van der Waals surface area contributed by atoms with Gasteiger partial charge in [-0.1, -0.05) is 13.8 Å². The second kappa shape index (κ2) is 8.41. The van der Waals surface area contributed by atoms with E-state index < -0.39 is 11.3 Å². The van der Waals surface area contributed by atoms with Crippen molar-refractivity contribution in [2.75, 3.05) is 32.6 Å². The molecule has 0 heterocycles. The Kier molecular flexibility index (Phi) is 6.88. The number of hydrogen-bond acceptors (Lipinski definition) is 4. The maximum Gasteiger partial charge on any atom is 0.226 e. The smallest absolute Gasteiger partial charge is 0.226 e. The quantitative estimate of drug-likeness (QED) is 0.725. The van der Waals surface area contributed by atoms with Crippen LogP contribution in [0.15, 0.2) is 24.3 Å². The number of carbonyl (C=O) groups excluding carboxylic acids is 2. The first-order valence-corrected chi connectivity index (χ1v) is 7.52. The summed E-state index contributed by atoms with van der Waals surface area (Å²) in [5, 5.41) is 3.23. The number of nitrogens with two attached hydrogens (primary N) is 1. The molecule has 1 rings (SSSR count). The molecule has 6 heteroatoms. The Morgan fingerprint density at radius 1 is 1.30 bits per heavy atom. The third-order valence-electron chi connectivity index (χ3n) is 3.70. The largest absolute Gasteiger partial charge is 0.497 e. The van der Waals surface area contributed by atoms with Gasteiger partial charge in [0.1, 0.15) is 5.75 Å². The highest BCUT2D eigenvalue weighted by atomic mass is 16.5. The fourth-order valence-corrected chi connectivity index (χ4v) is 1.79. The molecule has 0 atom stereocenters. The summed E-state index contributed by atoms with van der Waals surface area (Å²) in [5.74, 6) is 0.274. The molecular formula is C17H26N3O3. The minimum absolute atomic E-state index is 0.115. The number of nitrogens with zero attached hydrogens (tertiary/aromatic N) is 1. The molecule has 0 aromatic heterocycles. The van der Waals surface area contributed by atoms with Crippen LogP contribution in [0.4, 0.5) is 5.69 Å². The van der Waals surface area contributed by atoms with E-state index in [0.29, 0.717) is 19.5 Å². The maximum absolute atomic E-state index is 12.0. The van der Waals surface area contributed by atoms with Crippen molar-refractivity contribution in [3.05, 3.63) is 30.7 Å². The van der Waals surface area contributed by atoms with Crippen molar-refractivity contribution in [3.8, 4) is 5.75 Å². The highest BCUT2D eigenvalue weighted by Crippen LogP contribution is 2.21. The summed E-state index contributed by atoms with van der Waals surface area (Å²) in [6, 6.07) is 7.58. The van der Waals surface area contributed by atoms with E-state index in [-0.39, 0.29) is 5.91 Å². The highest BCUT2D eigenvalue weighted by molar-refractivity contribution is 5.86. The van der Waals surface area contributed by atoms with Gasteiger partial charge >= 0.3 is 0 Å². The standard InChI is InChI=1S/C17H26N3O3/c1-17(2,16(18)22)10-9-15(21)20(3)12-11-19-13-5-7-14(23-4)8-6-13/h5-9,19H,10-12H2,1-4H3,(H2,18,22). The van der Waals surface area contributed by atoms with Crippen LogP contribution in [0, 0.1) is 11.8 Å². The number of nitrogens with one attached hydrogen (secondary N) is 1. The Labute approximate surface area is 138 Å². The van der Waals surface area contributed by atoms with Gasteiger partial charge < -0.3 is 20.7 Å². The van der Waals surface area contributed by atoms with Gasteiger partial charge in [0.05, 0.1) is 13.5 Å². The van der Waals surface area contributed by atoms with Crippen LogP contribution < -0.4 is 15.8 Å². The summed E-state index contributed by atoms with van der Waals surface area (Å²) < 4.78 is 5.10. The Hall–Kier alpha value is -2.24. The number of hydrogen-bond donors (Lipinski definition) is 2. The number of carbonyl (C=O) groups is 2. The van der Waals surface area contributed by atoms with Gasteiger partial charge in [0, 0.05) is 31.2 Å². The van der Waals surface area contributed by atoms with E-state index >= 15 is 0 Å². The average Bonchev–Trinajstić information content (AvgIpc) is 2.53. The monoisotopic (exact) mass is 320 g/mol. The van der Waals surface area contributed by atoms with Gasteiger partial charge in [0.25, 0.3) is 0 Å². The molecule has 127 valence electrons. The molecule has 0 fully saturated rings. The first-order chi connectivity index (χ1) is 10.8. The Morgan fingerprint density at radius 2 is 1.91 bits per heavy atom. The molecule has 1 aromatic carbocycles. The minimum Gasteiger partial charge on any atom is -0.497 e. The third-order valence-corrected chi connectivity index (χ3v) is 3.70. The van der Waals surface area contributed by atoms with Gasteiger partial charge in [-0.2, -0.15) is 0 Å². The van der Waals surface area contributed by atoms with Gasteiger partial charge in [0.2, 0.25) is 11.8 Å².